The van der Waals surface area contributed by atoms with Crippen LogP contribution < -0.4 is 5.32 Å². The van der Waals surface area contributed by atoms with Crippen LogP contribution in [0, 0.1) is 11.8 Å². The smallest absolute Gasteiger partial charge is 0.408 e. The first-order chi connectivity index (χ1) is 14.1. The van der Waals surface area contributed by atoms with E-state index < -0.39 is 17.7 Å². The minimum absolute atomic E-state index is 0.0837. The van der Waals surface area contributed by atoms with E-state index in [1.165, 1.54) is 0 Å². The largest absolute Gasteiger partial charge is 0.444 e. The lowest BCUT2D eigenvalue weighted by Crippen LogP contribution is -2.51. The Morgan fingerprint density at radius 3 is 2.20 bits per heavy atom. The number of hydrogen-bond acceptors (Lipinski definition) is 3. The maximum absolute atomic E-state index is 13.7. The molecule has 0 bridgehead atoms. The predicted molar refractivity (Wildman–Crippen MR) is 121 cm³/mol. The van der Waals surface area contributed by atoms with Crippen LogP contribution in [0.3, 0.4) is 0 Å². The van der Waals surface area contributed by atoms with Gasteiger partial charge < -0.3 is 15.0 Å². The molecule has 0 spiro atoms. The van der Waals surface area contributed by atoms with Gasteiger partial charge in [-0.3, -0.25) is 4.79 Å². The van der Waals surface area contributed by atoms with Crippen LogP contribution in [-0.2, 0) is 9.53 Å². The van der Waals surface area contributed by atoms with E-state index >= 15 is 0 Å². The van der Waals surface area contributed by atoms with E-state index in [1.807, 2.05) is 88.9 Å². The molecule has 5 heteroatoms. The summed E-state index contributed by atoms with van der Waals surface area (Å²) in [5.41, 5.74) is 0.448. The number of nitrogens with zero attached hydrogens (tertiary/aromatic N) is 1. The average Bonchev–Trinajstić information content (AvgIpc) is 3.16. The number of carbonyl (C=O) groups is 2. The van der Waals surface area contributed by atoms with Gasteiger partial charge in [0.1, 0.15) is 11.6 Å². The molecule has 30 heavy (non-hydrogen) atoms. The van der Waals surface area contributed by atoms with E-state index in [4.69, 9.17) is 4.74 Å². The summed E-state index contributed by atoms with van der Waals surface area (Å²) in [6, 6.07) is 9.24. The highest BCUT2D eigenvalue weighted by molar-refractivity contribution is 5.86. The highest BCUT2D eigenvalue weighted by Crippen LogP contribution is 2.25. The van der Waals surface area contributed by atoms with Crippen LogP contribution in [-0.4, -0.2) is 35.1 Å². The van der Waals surface area contributed by atoms with Gasteiger partial charge in [0.2, 0.25) is 5.91 Å². The van der Waals surface area contributed by atoms with Crippen molar-refractivity contribution in [3.8, 4) is 0 Å². The molecule has 1 unspecified atom stereocenters. The molecule has 0 fully saturated rings. The number of benzene rings is 1. The Labute approximate surface area is 181 Å². The summed E-state index contributed by atoms with van der Waals surface area (Å²) in [6.45, 7) is 12.1. The topological polar surface area (TPSA) is 58.6 Å². The summed E-state index contributed by atoms with van der Waals surface area (Å²) >= 11 is 0. The Morgan fingerprint density at radius 2 is 1.67 bits per heavy atom. The Bertz CT molecular complexity index is 750. The molecule has 0 saturated carbocycles. The zero-order valence-electron chi connectivity index (χ0n) is 19.1. The van der Waals surface area contributed by atoms with Crippen LogP contribution in [0.5, 0.6) is 0 Å². The van der Waals surface area contributed by atoms with Gasteiger partial charge in [-0.05, 0) is 45.6 Å². The average molecular weight is 413 g/mol. The fourth-order valence-corrected chi connectivity index (χ4v) is 3.52. The van der Waals surface area contributed by atoms with Gasteiger partial charge in [-0.15, -0.1) is 0 Å². The number of carbonyl (C=O) groups excluding carboxylic acids is 2. The molecule has 1 aliphatic carbocycles. The van der Waals surface area contributed by atoms with Crippen LogP contribution in [0.1, 0.15) is 59.6 Å². The predicted octanol–water partition coefficient (Wildman–Crippen LogP) is 5.26. The molecule has 1 aliphatic rings. The molecular formula is C25H36N2O3. The molecule has 1 N–H and O–H groups in total. The maximum atomic E-state index is 13.7. The van der Waals surface area contributed by atoms with E-state index in [-0.39, 0.29) is 23.8 Å². The van der Waals surface area contributed by atoms with Crippen molar-refractivity contribution in [3.05, 3.63) is 60.2 Å². The molecule has 5 nitrogen and oxygen atoms in total. The Kier molecular flexibility index (Phi) is 8.27. The number of hydrogen-bond donors (Lipinski definition) is 1. The molecule has 1 aromatic carbocycles. The number of rotatable bonds is 8. The van der Waals surface area contributed by atoms with Gasteiger partial charge in [0.05, 0.1) is 6.04 Å². The molecule has 2 rings (SSSR count). The summed E-state index contributed by atoms with van der Waals surface area (Å²) in [4.78, 5) is 28.0. The SMILES string of the molecule is CC(C)C[C@H](NC(=O)OC(C)(C)C)C(=O)N(CC1C=CC=C1)C(C)c1ccccc1. The number of allylic oxidation sites excluding steroid dienone is 2. The van der Waals surface area contributed by atoms with E-state index in [0.29, 0.717) is 13.0 Å². The van der Waals surface area contributed by atoms with E-state index in [9.17, 15) is 9.59 Å². The minimum atomic E-state index is -0.639. The summed E-state index contributed by atoms with van der Waals surface area (Å²) < 4.78 is 5.42. The third kappa shape index (κ3) is 7.36. The third-order valence-electron chi connectivity index (χ3n) is 4.96. The second-order valence-corrected chi connectivity index (χ2v) is 9.34. The van der Waals surface area contributed by atoms with Crippen LogP contribution >= 0.6 is 0 Å². The molecule has 164 valence electrons. The molecular weight excluding hydrogens is 376 g/mol. The molecule has 0 heterocycles. The lowest BCUT2D eigenvalue weighted by Gasteiger charge is -2.35. The van der Waals surface area contributed by atoms with Crippen molar-refractivity contribution < 1.29 is 14.3 Å². The van der Waals surface area contributed by atoms with Gasteiger partial charge >= 0.3 is 6.09 Å². The number of ether oxygens (including phenoxy) is 1. The first-order valence-electron chi connectivity index (χ1n) is 10.8. The van der Waals surface area contributed by atoms with Gasteiger partial charge in [0, 0.05) is 12.5 Å². The second-order valence-electron chi connectivity index (χ2n) is 9.34. The fourth-order valence-electron chi connectivity index (χ4n) is 3.52. The lowest BCUT2D eigenvalue weighted by molar-refractivity contribution is -0.136. The normalized spacial score (nSPS) is 15.8. The molecule has 2 atom stereocenters. The van der Waals surface area contributed by atoms with Crippen molar-refractivity contribution in [3.63, 3.8) is 0 Å². The minimum Gasteiger partial charge on any atom is -0.444 e. The van der Waals surface area contributed by atoms with Crippen molar-refractivity contribution in [2.24, 2.45) is 11.8 Å². The fraction of sp³-hybridized carbons (Fsp3) is 0.520. The van der Waals surface area contributed by atoms with Crippen LogP contribution in [0.25, 0.3) is 0 Å². The molecule has 0 aliphatic heterocycles. The third-order valence-corrected chi connectivity index (χ3v) is 4.96. The zero-order chi connectivity index (χ0) is 22.3. The Hall–Kier alpha value is -2.56. The Balaban J connectivity index is 2.27. The zero-order valence-corrected chi connectivity index (χ0v) is 19.1. The number of alkyl carbamates (subject to hydrolysis) is 1. The number of amides is 2. The van der Waals surface area contributed by atoms with Gasteiger partial charge in [-0.2, -0.15) is 0 Å². The van der Waals surface area contributed by atoms with Crippen molar-refractivity contribution >= 4 is 12.0 Å². The van der Waals surface area contributed by atoms with Crippen LogP contribution in [0.2, 0.25) is 0 Å². The number of nitrogens with one attached hydrogen (secondary N) is 1. The monoisotopic (exact) mass is 412 g/mol. The van der Waals surface area contributed by atoms with E-state index in [0.717, 1.165) is 5.56 Å². The summed E-state index contributed by atoms with van der Waals surface area (Å²) in [5.74, 6) is 0.329. The van der Waals surface area contributed by atoms with E-state index in [2.05, 4.69) is 17.5 Å². The van der Waals surface area contributed by atoms with Gasteiger partial charge in [0.15, 0.2) is 0 Å². The molecule has 0 saturated heterocycles. The maximum Gasteiger partial charge on any atom is 0.408 e. The highest BCUT2D eigenvalue weighted by atomic mass is 16.6. The Morgan fingerprint density at radius 1 is 1.07 bits per heavy atom. The summed E-state index contributed by atoms with van der Waals surface area (Å²) in [6.07, 6.45) is 8.19. The van der Waals surface area contributed by atoms with Crippen molar-refractivity contribution in [2.75, 3.05) is 6.54 Å². The van der Waals surface area contributed by atoms with Gasteiger partial charge in [0.25, 0.3) is 0 Å². The van der Waals surface area contributed by atoms with Crippen molar-refractivity contribution in [1.29, 1.82) is 0 Å². The van der Waals surface area contributed by atoms with Crippen LogP contribution in [0.4, 0.5) is 4.79 Å². The second kappa shape index (κ2) is 10.5. The van der Waals surface area contributed by atoms with E-state index in [1.54, 1.807) is 0 Å². The lowest BCUT2D eigenvalue weighted by atomic mass is 9.99. The molecule has 0 aromatic heterocycles. The quantitative estimate of drug-likeness (QED) is 0.634. The summed E-state index contributed by atoms with van der Waals surface area (Å²) in [7, 11) is 0. The molecule has 2 amide bonds. The standard InChI is InChI=1S/C25H36N2O3/c1-18(2)16-22(26-24(29)30-25(4,5)6)23(28)27(17-20-12-10-11-13-20)19(3)21-14-8-7-9-15-21/h7-15,18-20,22H,16-17H2,1-6H3,(H,26,29)/t19?,22-/m0/s1. The highest BCUT2D eigenvalue weighted by Gasteiger charge is 2.32. The molecule has 0 radical (unpaired) electrons. The van der Waals surface area contributed by atoms with Gasteiger partial charge in [-0.25, -0.2) is 4.79 Å². The molecule has 1 aromatic rings. The van der Waals surface area contributed by atoms with Crippen LogP contribution in [0.15, 0.2) is 54.6 Å². The first kappa shape index (κ1) is 23.7. The summed E-state index contributed by atoms with van der Waals surface area (Å²) in [5, 5.41) is 2.83. The van der Waals surface area contributed by atoms with Crippen molar-refractivity contribution in [1.82, 2.24) is 10.2 Å². The van der Waals surface area contributed by atoms with Crippen molar-refractivity contribution in [2.45, 2.75) is 65.6 Å². The first-order valence-corrected chi connectivity index (χ1v) is 10.8. The van der Waals surface area contributed by atoms with Gasteiger partial charge in [-0.1, -0.05) is 68.5 Å².